The number of aromatic nitrogens is 1. The van der Waals surface area contributed by atoms with Crippen LogP contribution >= 0.6 is 0 Å². The Labute approximate surface area is 159 Å². The maximum atomic E-state index is 12.8. The molecule has 1 atom stereocenters. The number of rotatable bonds is 7. The number of nitrogens with one attached hydrogen (secondary N) is 1. The van der Waals surface area contributed by atoms with E-state index in [1.54, 1.807) is 26.6 Å². The fourth-order valence-corrected chi connectivity index (χ4v) is 2.95. The van der Waals surface area contributed by atoms with E-state index in [4.69, 9.17) is 9.47 Å². The standard InChI is InChI=1S/C22H22N2O3/c1-26-19-9-7-16(8-10-19)22(17-11-13-23-14-12-17)24-21(25)15-18-5-3-4-6-20(18)27-2/h3-14,22H,15H2,1-2H3,(H,24,25). The molecule has 0 saturated carbocycles. The lowest BCUT2D eigenvalue weighted by Crippen LogP contribution is -2.30. The molecule has 3 aromatic rings. The summed E-state index contributed by atoms with van der Waals surface area (Å²) in [7, 11) is 3.23. The molecule has 0 bridgehead atoms. The van der Waals surface area contributed by atoms with Crippen LogP contribution in [0.4, 0.5) is 0 Å². The minimum absolute atomic E-state index is 0.0860. The van der Waals surface area contributed by atoms with Crippen LogP contribution in [0.25, 0.3) is 0 Å². The van der Waals surface area contributed by atoms with Gasteiger partial charge < -0.3 is 14.8 Å². The predicted octanol–water partition coefficient (Wildman–Crippen LogP) is 3.55. The van der Waals surface area contributed by atoms with Crippen molar-refractivity contribution in [3.63, 3.8) is 0 Å². The number of hydrogen-bond acceptors (Lipinski definition) is 4. The summed E-state index contributed by atoms with van der Waals surface area (Å²) >= 11 is 0. The molecule has 1 heterocycles. The second-order valence-corrected chi connectivity index (χ2v) is 6.04. The van der Waals surface area contributed by atoms with E-state index < -0.39 is 0 Å². The second-order valence-electron chi connectivity index (χ2n) is 6.04. The number of hydrogen-bond donors (Lipinski definition) is 1. The van der Waals surface area contributed by atoms with E-state index in [0.717, 1.165) is 22.4 Å². The first-order valence-corrected chi connectivity index (χ1v) is 8.66. The zero-order valence-electron chi connectivity index (χ0n) is 15.4. The first kappa shape index (κ1) is 18.5. The average Bonchev–Trinajstić information content (AvgIpc) is 2.73. The summed E-state index contributed by atoms with van der Waals surface area (Å²) in [6, 6.07) is 18.7. The quantitative estimate of drug-likeness (QED) is 0.698. The van der Waals surface area contributed by atoms with Gasteiger partial charge in [-0.1, -0.05) is 30.3 Å². The highest BCUT2D eigenvalue weighted by Gasteiger charge is 2.18. The summed E-state index contributed by atoms with van der Waals surface area (Å²) in [5.41, 5.74) is 2.78. The SMILES string of the molecule is COc1ccc(C(NC(=O)Cc2ccccc2OC)c2ccncc2)cc1. The van der Waals surface area contributed by atoms with E-state index in [-0.39, 0.29) is 18.4 Å². The number of carbonyl (C=O) groups is 1. The molecule has 0 aliphatic heterocycles. The van der Waals surface area contributed by atoms with E-state index in [1.165, 1.54) is 0 Å². The summed E-state index contributed by atoms with van der Waals surface area (Å²) in [6.07, 6.45) is 3.68. The van der Waals surface area contributed by atoms with Crippen molar-refractivity contribution in [1.82, 2.24) is 10.3 Å². The molecule has 138 valence electrons. The monoisotopic (exact) mass is 362 g/mol. The molecule has 0 aliphatic rings. The molecule has 1 amide bonds. The van der Waals surface area contributed by atoms with Gasteiger partial charge in [-0.25, -0.2) is 0 Å². The summed E-state index contributed by atoms with van der Waals surface area (Å²) in [5.74, 6) is 1.39. The van der Waals surface area contributed by atoms with Crippen LogP contribution in [0, 0.1) is 0 Å². The Morgan fingerprint density at radius 3 is 2.26 bits per heavy atom. The van der Waals surface area contributed by atoms with E-state index in [1.807, 2.05) is 60.7 Å². The molecule has 1 aromatic heterocycles. The van der Waals surface area contributed by atoms with Crippen molar-refractivity contribution in [3.8, 4) is 11.5 Å². The Bertz CT molecular complexity index is 880. The van der Waals surface area contributed by atoms with Crippen molar-refractivity contribution in [3.05, 3.63) is 89.7 Å². The number of benzene rings is 2. The summed E-state index contributed by atoms with van der Waals surface area (Å²) in [4.78, 5) is 16.8. The van der Waals surface area contributed by atoms with Gasteiger partial charge in [0.2, 0.25) is 5.91 Å². The lowest BCUT2D eigenvalue weighted by atomic mass is 9.99. The van der Waals surface area contributed by atoms with Gasteiger partial charge in [0.05, 0.1) is 26.7 Å². The molecule has 0 radical (unpaired) electrons. The Hall–Kier alpha value is -3.34. The van der Waals surface area contributed by atoms with Crippen LogP contribution in [0.3, 0.4) is 0 Å². The zero-order chi connectivity index (χ0) is 19.1. The normalized spacial score (nSPS) is 11.5. The number of para-hydroxylation sites is 1. The minimum Gasteiger partial charge on any atom is -0.497 e. The highest BCUT2D eigenvalue weighted by Crippen LogP contribution is 2.25. The summed E-state index contributed by atoms with van der Waals surface area (Å²) in [5, 5.41) is 3.12. The Balaban J connectivity index is 1.83. The van der Waals surface area contributed by atoms with Crippen LogP contribution in [0.2, 0.25) is 0 Å². The third-order valence-corrected chi connectivity index (χ3v) is 4.34. The van der Waals surface area contributed by atoms with Gasteiger partial charge in [0.25, 0.3) is 0 Å². The van der Waals surface area contributed by atoms with E-state index in [9.17, 15) is 4.79 Å². The van der Waals surface area contributed by atoms with E-state index in [0.29, 0.717) is 5.75 Å². The van der Waals surface area contributed by atoms with Crippen molar-refractivity contribution in [1.29, 1.82) is 0 Å². The number of nitrogens with zero attached hydrogens (tertiary/aromatic N) is 1. The molecule has 27 heavy (non-hydrogen) atoms. The first-order chi connectivity index (χ1) is 13.2. The molecule has 5 nitrogen and oxygen atoms in total. The molecule has 0 aliphatic carbocycles. The van der Waals surface area contributed by atoms with Gasteiger partial charge in [0.15, 0.2) is 0 Å². The molecule has 5 heteroatoms. The molecule has 3 rings (SSSR count). The van der Waals surface area contributed by atoms with Crippen LogP contribution in [0.5, 0.6) is 11.5 Å². The fraction of sp³-hybridized carbons (Fsp3) is 0.182. The third kappa shape index (κ3) is 4.64. The molecule has 0 fully saturated rings. The molecule has 2 aromatic carbocycles. The second kappa shape index (κ2) is 8.85. The Kier molecular flexibility index (Phi) is 6.05. The van der Waals surface area contributed by atoms with Gasteiger partial charge in [-0.05, 0) is 41.5 Å². The largest absolute Gasteiger partial charge is 0.497 e. The topological polar surface area (TPSA) is 60.5 Å². The number of amides is 1. The lowest BCUT2D eigenvalue weighted by Gasteiger charge is -2.20. The van der Waals surface area contributed by atoms with E-state index >= 15 is 0 Å². The molecule has 1 N–H and O–H groups in total. The van der Waals surface area contributed by atoms with Crippen molar-refractivity contribution < 1.29 is 14.3 Å². The molecule has 1 unspecified atom stereocenters. The maximum Gasteiger partial charge on any atom is 0.225 e. The van der Waals surface area contributed by atoms with Crippen molar-refractivity contribution >= 4 is 5.91 Å². The van der Waals surface area contributed by atoms with Crippen LogP contribution in [0.15, 0.2) is 73.1 Å². The molecule has 0 spiro atoms. The fourth-order valence-electron chi connectivity index (χ4n) is 2.95. The van der Waals surface area contributed by atoms with Gasteiger partial charge in [0.1, 0.15) is 11.5 Å². The van der Waals surface area contributed by atoms with Crippen LogP contribution in [-0.2, 0) is 11.2 Å². The third-order valence-electron chi connectivity index (χ3n) is 4.34. The van der Waals surface area contributed by atoms with Gasteiger partial charge in [0, 0.05) is 18.0 Å². The van der Waals surface area contributed by atoms with E-state index in [2.05, 4.69) is 10.3 Å². The minimum atomic E-state index is -0.277. The number of methoxy groups -OCH3 is 2. The number of ether oxygens (including phenoxy) is 2. The van der Waals surface area contributed by atoms with Crippen LogP contribution < -0.4 is 14.8 Å². The molecular formula is C22H22N2O3. The number of pyridine rings is 1. The van der Waals surface area contributed by atoms with Crippen LogP contribution in [0.1, 0.15) is 22.7 Å². The summed E-state index contributed by atoms with van der Waals surface area (Å²) < 4.78 is 10.6. The zero-order valence-corrected chi connectivity index (χ0v) is 15.4. The Morgan fingerprint density at radius 1 is 0.926 bits per heavy atom. The Morgan fingerprint density at radius 2 is 1.59 bits per heavy atom. The van der Waals surface area contributed by atoms with Crippen LogP contribution in [-0.4, -0.2) is 25.1 Å². The summed E-state index contributed by atoms with van der Waals surface area (Å²) in [6.45, 7) is 0. The van der Waals surface area contributed by atoms with Crippen molar-refractivity contribution in [2.24, 2.45) is 0 Å². The lowest BCUT2D eigenvalue weighted by molar-refractivity contribution is -0.121. The van der Waals surface area contributed by atoms with Crippen molar-refractivity contribution in [2.75, 3.05) is 14.2 Å². The van der Waals surface area contributed by atoms with Gasteiger partial charge in [-0.2, -0.15) is 0 Å². The van der Waals surface area contributed by atoms with Gasteiger partial charge in [-0.3, -0.25) is 9.78 Å². The average molecular weight is 362 g/mol. The first-order valence-electron chi connectivity index (χ1n) is 8.66. The smallest absolute Gasteiger partial charge is 0.225 e. The highest BCUT2D eigenvalue weighted by atomic mass is 16.5. The molecular weight excluding hydrogens is 340 g/mol. The molecule has 0 saturated heterocycles. The van der Waals surface area contributed by atoms with Crippen molar-refractivity contribution in [2.45, 2.75) is 12.5 Å². The predicted molar refractivity (Wildman–Crippen MR) is 104 cm³/mol. The number of carbonyl (C=O) groups excluding carboxylic acids is 1. The highest BCUT2D eigenvalue weighted by molar-refractivity contribution is 5.80. The van der Waals surface area contributed by atoms with Gasteiger partial charge in [-0.15, -0.1) is 0 Å². The van der Waals surface area contributed by atoms with Gasteiger partial charge >= 0.3 is 0 Å². The maximum absolute atomic E-state index is 12.8.